The SMILES string of the molecule is O=C1NC(=O)/C(=C\c2ccc(OCc3ccc(Br)cc3)cc2)S1. The maximum absolute atomic E-state index is 11.5. The second-order valence-corrected chi connectivity index (χ2v) is 6.77. The number of imide groups is 1. The molecular formula is C17H12BrNO3S. The molecule has 0 bridgehead atoms. The van der Waals surface area contributed by atoms with Crippen LogP contribution in [-0.4, -0.2) is 11.1 Å². The van der Waals surface area contributed by atoms with Crippen LogP contribution in [0.15, 0.2) is 57.9 Å². The zero-order valence-electron chi connectivity index (χ0n) is 11.9. The van der Waals surface area contributed by atoms with E-state index >= 15 is 0 Å². The van der Waals surface area contributed by atoms with Gasteiger partial charge in [0, 0.05) is 4.47 Å². The Hall–Kier alpha value is -2.05. The number of rotatable bonds is 4. The smallest absolute Gasteiger partial charge is 0.290 e. The quantitative estimate of drug-likeness (QED) is 0.789. The number of ether oxygens (including phenoxy) is 1. The van der Waals surface area contributed by atoms with Crippen molar-refractivity contribution in [1.82, 2.24) is 5.32 Å². The summed E-state index contributed by atoms with van der Waals surface area (Å²) in [6.07, 6.45) is 1.68. The molecule has 1 fully saturated rings. The molecule has 2 aromatic rings. The summed E-state index contributed by atoms with van der Waals surface area (Å²) in [5.41, 5.74) is 1.92. The van der Waals surface area contributed by atoms with Crippen LogP contribution >= 0.6 is 27.7 Å². The molecule has 0 saturated carbocycles. The van der Waals surface area contributed by atoms with E-state index in [-0.39, 0.29) is 11.1 Å². The minimum absolute atomic E-state index is 0.337. The van der Waals surface area contributed by atoms with E-state index < -0.39 is 0 Å². The molecule has 0 spiro atoms. The van der Waals surface area contributed by atoms with Crippen LogP contribution in [0.5, 0.6) is 5.75 Å². The average molecular weight is 390 g/mol. The van der Waals surface area contributed by atoms with Gasteiger partial charge in [0.1, 0.15) is 12.4 Å². The Labute approximate surface area is 146 Å². The number of nitrogens with one attached hydrogen (secondary N) is 1. The second-order valence-electron chi connectivity index (χ2n) is 4.84. The summed E-state index contributed by atoms with van der Waals surface area (Å²) < 4.78 is 6.75. The van der Waals surface area contributed by atoms with Gasteiger partial charge in [-0.1, -0.05) is 40.2 Å². The molecule has 116 valence electrons. The number of hydrogen-bond donors (Lipinski definition) is 1. The molecule has 1 aliphatic rings. The van der Waals surface area contributed by atoms with Gasteiger partial charge in [0.25, 0.3) is 11.1 Å². The molecular weight excluding hydrogens is 378 g/mol. The van der Waals surface area contributed by atoms with E-state index in [9.17, 15) is 9.59 Å². The van der Waals surface area contributed by atoms with Crippen LogP contribution in [0, 0.1) is 0 Å². The fraction of sp³-hybridized carbons (Fsp3) is 0.0588. The summed E-state index contributed by atoms with van der Waals surface area (Å²) in [5.74, 6) is 0.394. The van der Waals surface area contributed by atoms with E-state index in [2.05, 4.69) is 21.2 Å². The zero-order chi connectivity index (χ0) is 16.2. The molecule has 0 aromatic heterocycles. The molecule has 2 amide bonds. The van der Waals surface area contributed by atoms with E-state index in [0.717, 1.165) is 33.1 Å². The third-order valence-electron chi connectivity index (χ3n) is 3.14. The van der Waals surface area contributed by atoms with E-state index in [1.165, 1.54) is 0 Å². The van der Waals surface area contributed by atoms with Crippen molar-refractivity contribution in [2.45, 2.75) is 6.61 Å². The number of benzene rings is 2. The fourth-order valence-electron chi connectivity index (χ4n) is 1.98. The van der Waals surface area contributed by atoms with Crippen molar-refractivity contribution in [1.29, 1.82) is 0 Å². The predicted octanol–water partition coefficient (Wildman–Crippen LogP) is 4.35. The number of carbonyl (C=O) groups excluding carboxylic acids is 2. The summed E-state index contributed by atoms with van der Waals surface area (Å²) >= 11 is 4.30. The lowest BCUT2D eigenvalue weighted by Gasteiger charge is -2.06. The van der Waals surface area contributed by atoms with Crippen molar-refractivity contribution in [2.24, 2.45) is 0 Å². The Morgan fingerprint density at radius 3 is 2.35 bits per heavy atom. The lowest BCUT2D eigenvalue weighted by molar-refractivity contribution is -0.115. The third-order valence-corrected chi connectivity index (χ3v) is 4.48. The number of amides is 2. The third kappa shape index (κ3) is 4.24. The van der Waals surface area contributed by atoms with Crippen molar-refractivity contribution >= 4 is 44.9 Å². The number of thioether (sulfide) groups is 1. The van der Waals surface area contributed by atoms with Gasteiger partial charge in [0.15, 0.2) is 0 Å². The minimum Gasteiger partial charge on any atom is -0.489 e. The molecule has 4 nitrogen and oxygen atoms in total. The van der Waals surface area contributed by atoms with Gasteiger partial charge in [-0.25, -0.2) is 0 Å². The highest BCUT2D eigenvalue weighted by molar-refractivity contribution is 9.10. The van der Waals surface area contributed by atoms with Crippen LogP contribution in [0.1, 0.15) is 11.1 Å². The van der Waals surface area contributed by atoms with Gasteiger partial charge in [0.05, 0.1) is 4.91 Å². The Bertz CT molecular complexity index is 769. The molecule has 0 radical (unpaired) electrons. The Balaban J connectivity index is 1.63. The van der Waals surface area contributed by atoms with Crippen molar-refractivity contribution < 1.29 is 14.3 Å². The highest BCUT2D eigenvalue weighted by Crippen LogP contribution is 2.26. The minimum atomic E-state index is -0.351. The first-order valence-corrected chi connectivity index (χ1v) is 8.43. The van der Waals surface area contributed by atoms with Gasteiger partial charge in [0.2, 0.25) is 0 Å². The van der Waals surface area contributed by atoms with Crippen LogP contribution in [0.25, 0.3) is 6.08 Å². The van der Waals surface area contributed by atoms with Crippen LogP contribution in [0.4, 0.5) is 4.79 Å². The van der Waals surface area contributed by atoms with Crippen molar-refractivity contribution in [3.8, 4) is 5.75 Å². The normalized spacial score (nSPS) is 15.8. The van der Waals surface area contributed by atoms with Crippen molar-refractivity contribution in [3.63, 3.8) is 0 Å². The van der Waals surface area contributed by atoms with Gasteiger partial charge < -0.3 is 4.74 Å². The monoisotopic (exact) mass is 389 g/mol. The van der Waals surface area contributed by atoms with E-state index in [0.29, 0.717) is 11.5 Å². The summed E-state index contributed by atoms with van der Waals surface area (Å²) in [7, 11) is 0. The van der Waals surface area contributed by atoms with E-state index in [1.54, 1.807) is 6.08 Å². The largest absolute Gasteiger partial charge is 0.489 e. The second kappa shape index (κ2) is 7.02. The summed E-state index contributed by atoms with van der Waals surface area (Å²) in [4.78, 5) is 23.0. The zero-order valence-corrected chi connectivity index (χ0v) is 14.3. The van der Waals surface area contributed by atoms with E-state index in [4.69, 9.17) is 4.74 Å². The topological polar surface area (TPSA) is 55.4 Å². The first-order chi connectivity index (χ1) is 11.1. The van der Waals surface area contributed by atoms with Gasteiger partial charge in [-0.3, -0.25) is 14.9 Å². The molecule has 0 unspecified atom stereocenters. The van der Waals surface area contributed by atoms with Gasteiger partial charge in [-0.05, 0) is 53.2 Å². The summed E-state index contributed by atoms with van der Waals surface area (Å²) in [6, 6.07) is 15.3. The van der Waals surface area contributed by atoms with Crippen LogP contribution in [-0.2, 0) is 11.4 Å². The lowest BCUT2D eigenvalue weighted by Crippen LogP contribution is -2.17. The summed E-state index contributed by atoms with van der Waals surface area (Å²) in [5, 5.41) is 1.89. The molecule has 1 N–H and O–H groups in total. The highest BCUT2D eigenvalue weighted by Gasteiger charge is 2.24. The predicted molar refractivity (Wildman–Crippen MR) is 94.0 cm³/mol. The first-order valence-electron chi connectivity index (χ1n) is 6.82. The number of halogens is 1. The van der Waals surface area contributed by atoms with E-state index in [1.807, 2.05) is 48.5 Å². The highest BCUT2D eigenvalue weighted by atomic mass is 79.9. The molecule has 0 atom stereocenters. The maximum Gasteiger partial charge on any atom is 0.290 e. The summed E-state index contributed by atoms with van der Waals surface area (Å²) in [6.45, 7) is 0.487. The molecule has 6 heteroatoms. The number of carbonyl (C=O) groups is 2. The van der Waals surface area contributed by atoms with Crippen molar-refractivity contribution in [2.75, 3.05) is 0 Å². The van der Waals surface area contributed by atoms with Gasteiger partial charge in [-0.15, -0.1) is 0 Å². The molecule has 0 aliphatic carbocycles. The maximum atomic E-state index is 11.5. The lowest BCUT2D eigenvalue weighted by atomic mass is 10.2. The van der Waals surface area contributed by atoms with Gasteiger partial charge >= 0.3 is 0 Å². The van der Waals surface area contributed by atoms with Crippen LogP contribution in [0.2, 0.25) is 0 Å². The van der Waals surface area contributed by atoms with Crippen molar-refractivity contribution in [3.05, 3.63) is 69.0 Å². The Morgan fingerprint density at radius 1 is 1.04 bits per heavy atom. The van der Waals surface area contributed by atoms with Crippen LogP contribution in [0.3, 0.4) is 0 Å². The average Bonchev–Trinajstić information content (AvgIpc) is 2.86. The first kappa shape index (κ1) is 15.8. The fourth-order valence-corrected chi connectivity index (χ4v) is 2.93. The Kier molecular flexibility index (Phi) is 4.83. The molecule has 1 heterocycles. The Morgan fingerprint density at radius 2 is 1.74 bits per heavy atom. The molecule has 23 heavy (non-hydrogen) atoms. The molecule has 3 rings (SSSR count). The van der Waals surface area contributed by atoms with Gasteiger partial charge in [-0.2, -0.15) is 0 Å². The standard InChI is InChI=1S/C17H12BrNO3S/c18-13-5-1-12(2-6-13)10-22-14-7-3-11(4-8-14)9-15-16(20)19-17(21)23-15/h1-9H,10H2,(H,19,20,21)/b15-9+. The molecule has 2 aromatic carbocycles. The number of hydrogen-bond acceptors (Lipinski definition) is 4. The molecule has 1 saturated heterocycles. The molecule has 1 aliphatic heterocycles. The van der Waals surface area contributed by atoms with Crippen LogP contribution < -0.4 is 10.1 Å².